The normalized spacial score (nSPS) is 21.0. The van der Waals surface area contributed by atoms with Gasteiger partial charge in [0, 0.05) is 13.1 Å². The van der Waals surface area contributed by atoms with Crippen molar-refractivity contribution in [3.05, 3.63) is 11.9 Å². The smallest absolute Gasteiger partial charge is 0.0967 e. The average molecular weight is 274 g/mol. The molecule has 1 aliphatic rings. The van der Waals surface area contributed by atoms with Crippen LogP contribution in [0.1, 0.15) is 32.9 Å². The van der Waals surface area contributed by atoms with E-state index in [1.807, 2.05) is 4.68 Å². The van der Waals surface area contributed by atoms with Gasteiger partial charge in [0.25, 0.3) is 0 Å². The number of rotatable bonds is 3. The fraction of sp³-hybridized carbons (Fsp3) is 0.833. The van der Waals surface area contributed by atoms with Gasteiger partial charge in [0.15, 0.2) is 0 Å². The molecule has 6 heteroatoms. The molecule has 0 spiro atoms. The van der Waals surface area contributed by atoms with E-state index in [1.165, 1.54) is 6.42 Å². The quantitative estimate of drug-likeness (QED) is 0.900. The van der Waals surface area contributed by atoms with Crippen LogP contribution in [-0.2, 0) is 12.1 Å². The number of hydrogen-bond donors (Lipinski definition) is 1. The first-order valence-electron chi connectivity index (χ1n) is 6.33. The van der Waals surface area contributed by atoms with E-state index < -0.39 is 0 Å². The highest BCUT2D eigenvalue weighted by Gasteiger charge is 2.22. The first-order valence-corrected chi connectivity index (χ1v) is 6.33. The van der Waals surface area contributed by atoms with E-state index in [-0.39, 0.29) is 17.9 Å². The Morgan fingerprint density at radius 1 is 1.44 bits per heavy atom. The van der Waals surface area contributed by atoms with Crippen LogP contribution in [0.15, 0.2) is 6.20 Å². The molecule has 18 heavy (non-hydrogen) atoms. The van der Waals surface area contributed by atoms with Crippen LogP contribution < -0.4 is 5.73 Å². The molecule has 0 aliphatic carbocycles. The zero-order valence-corrected chi connectivity index (χ0v) is 12.3. The summed E-state index contributed by atoms with van der Waals surface area (Å²) < 4.78 is 1.93. The summed E-state index contributed by atoms with van der Waals surface area (Å²) in [5.74, 6) is 0.660. The van der Waals surface area contributed by atoms with E-state index >= 15 is 0 Å². The summed E-state index contributed by atoms with van der Waals surface area (Å²) >= 11 is 0. The van der Waals surface area contributed by atoms with Crippen LogP contribution in [0.3, 0.4) is 0 Å². The van der Waals surface area contributed by atoms with Crippen LogP contribution in [0.2, 0.25) is 0 Å². The molecular weight excluding hydrogens is 250 g/mol. The van der Waals surface area contributed by atoms with Gasteiger partial charge in [-0.25, -0.2) is 4.68 Å². The van der Waals surface area contributed by atoms with Crippen LogP contribution in [0, 0.1) is 5.92 Å². The Morgan fingerprint density at radius 3 is 2.67 bits per heavy atom. The molecule has 1 saturated heterocycles. The van der Waals surface area contributed by atoms with Gasteiger partial charge in [0.1, 0.15) is 0 Å². The molecule has 1 fully saturated rings. The highest BCUT2D eigenvalue weighted by atomic mass is 35.5. The maximum absolute atomic E-state index is 5.69. The molecule has 2 heterocycles. The Kier molecular flexibility index (Phi) is 5.13. The molecule has 1 aromatic heterocycles. The molecule has 1 aromatic rings. The minimum absolute atomic E-state index is 0. The molecule has 0 bridgehead atoms. The Labute approximate surface area is 115 Å². The van der Waals surface area contributed by atoms with E-state index in [2.05, 4.69) is 42.2 Å². The fourth-order valence-electron chi connectivity index (χ4n) is 2.18. The lowest BCUT2D eigenvalue weighted by atomic mass is 10.1. The van der Waals surface area contributed by atoms with Gasteiger partial charge < -0.3 is 5.73 Å². The summed E-state index contributed by atoms with van der Waals surface area (Å²) in [5, 5.41) is 8.42. The van der Waals surface area contributed by atoms with E-state index in [0.717, 1.165) is 31.9 Å². The second-order valence-corrected chi connectivity index (χ2v) is 5.95. The van der Waals surface area contributed by atoms with E-state index in [1.54, 1.807) is 0 Å². The average Bonchev–Trinajstić information content (AvgIpc) is 2.86. The zero-order chi connectivity index (χ0) is 12.5. The third-order valence-corrected chi connectivity index (χ3v) is 3.32. The van der Waals surface area contributed by atoms with Gasteiger partial charge in [-0.3, -0.25) is 4.90 Å². The number of nitrogens with two attached hydrogens (primary N) is 1. The third-order valence-electron chi connectivity index (χ3n) is 3.32. The minimum Gasteiger partial charge on any atom is -0.330 e. The maximum Gasteiger partial charge on any atom is 0.0967 e. The van der Waals surface area contributed by atoms with Gasteiger partial charge in [-0.1, -0.05) is 5.21 Å². The summed E-state index contributed by atoms with van der Waals surface area (Å²) in [7, 11) is 0. The Bertz CT molecular complexity index is 371. The second kappa shape index (κ2) is 5.99. The summed E-state index contributed by atoms with van der Waals surface area (Å²) in [6.45, 7) is 10.3. The molecule has 0 aromatic carbocycles. The molecule has 1 atom stereocenters. The molecule has 0 radical (unpaired) electrons. The van der Waals surface area contributed by atoms with E-state index in [0.29, 0.717) is 5.92 Å². The Hall–Kier alpha value is -0.650. The predicted octanol–water partition coefficient (Wildman–Crippen LogP) is 1.24. The van der Waals surface area contributed by atoms with Crippen molar-refractivity contribution >= 4 is 12.4 Å². The minimum atomic E-state index is 0. The highest BCUT2D eigenvalue weighted by Crippen LogP contribution is 2.18. The zero-order valence-electron chi connectivity index (χ0n) is 11.5. The summed E-state index contributed by atoms with van der Waals surface area (Å²) in [4.78, 5) is 2.41. The van der Waals surface area contributed by atoms with Crippen LogP contribution in [0.5, 0.6) is 0 Å². The van der Waals surface area contributed by atoms with Gasteiger partial charge in [-0.05, 0) is 46.2 Å². The van der Waals surface area contributed by atoms with Crippen LogP contribution in [0.25, 0.3) is 0 Å². The van der Waals surface area contributed by atoms with Gasteiger partial charge in [0.05, 0.1) is 17.4 Å². The maximum atomic E-state index is 5.69. The lowest BCUT2D eigenvalue weighted by Crippen LogP contribution is -2.23. The molecule has 5 nitrogen and oxygen atoms in total. The van der Waals surface area contributed by atoms with Crippen molar-refractivity contribution in [3.8, 4) is 0 Å². The summed E-state index contributed by atoms with van der Waals surface area (Å²) in [6.07, 6.45) is 3.26. The molecular formula is C12H24ClN5. The number of hydrogen-bond acceptors (Lipinski definition) is 4. The standard InChI is InChI=1S/C12H23N5.ClH/c1-12(2,3)17-9-11(14-15-17)8-16-5-4-10(6-13)7-16;/h9-10H,4-8,13H2,1-3H3;1H. The summed E-state index contributed by atoms with van der Waals surface area (Å²) in [5.41, 5.74) is 6.76. The van der Waals surface area contributed by atoms with Crippen LogP contribution in [0.4, 0.5) is 0 Å². The molecule has 1 aliphatic heterocycles. The first-order chi connectivity index (χ1) is 7.99. The molecule has 104 valence electrons. The van der Waals surface area contributed by atoms with Crippen molar-refractivity contribution in [2.24, 2.45) is 11.7 Å². The van der Waals surface area contributed by atoms with Crippen molar-refractivity contribution in [1.29, 1.82) is 0 Å². The van der Waals surface area contributed by atoms with Gasteiger partial charge in [-0.2, -0.15) is 0 Å². The Balaban J connectivity index is 0.00000162. The van der Waals surface area contributed by atoms with Crippen molar-refractivity contribution in [3.63, 3.8) is 0 Å². The lowest BCUT2D eigenvalue weighted by Gasteiger charge is -2.17. The predicted molar refractivity (Wildman–Crippen MR) is 74.7 cm³/mol. The van der Waals surface area contributed by atoms with Crippen molar-refractivity contribution in [2.45, 2.75) is 39.3 Å². The van der Waals surface area contributed by atoms with Gasteiger partial charge in [-0.15, -0.1) is 17.5 Å². The first kappa shape index (κ1) is 15.4. The SMILES string of the molecule is CC(C)(C)n1cc(CN2CCC(CN)C2)nn1.Cl. The summed E-state index contributed by atoms with van der Waals surface area (Å²) in [6, 6.07) is 0. The molecule has 2 N–H and O–H groups in total. The molecule has 1 unspecified atom stereocenters. The Morgan fingerprint density at radius 2 is 2.17 bits per heavy atom. The number of halogens is 1. The molecule has 0 amide bonds. The third kappa shape index (κ3) is 3.67. The van der Waals surface area contributed by atoms with E-state index in [4.69, 9.17) is 5.73 Å². The number of likely N-dealkylation sites (tertiary alicyclic amines) is 1. The molecule has 0 saturated carbocycles. The lowest BCUT2D eigenvalue weighted by molar-refractivity contribution is 0.313. The van der Waals surface area contributed by atoms with Gasteiger partial charge in [0.2, 0.25) is 0 Å². The largest absolute Gasteiger partial charge is 0.330 e. The number of nitrogens with zero attached hydrogens (tertiary/aromatic N) is 4. The number of aromatic nitrogens is 3. The van der Waals surface area contributed by atoms with Crippen molar-refractivity contribution in [2.75, 3.05) is 19.6 Å². The van der Waals surface area contributed by atoms with E-state index in [9.17, 15) is 0 Å². The second-order valence-electron chi connectivity index (χ2n) is 5.95. The monoisotopic (exact) mass is 273 g/mol. The molecule has 2 rings (SSSR count). The van der Waals surface area contributed by atoms with Crippen molar-refractivity contribution in [1.82, 2.24) is 19.9 Å². The fourth-order valence-corrected chi connectivity index (χ4v) is 2.18. The van der Waals surface area contributed by atoms with Crippen LogP contribution >= 0.6 is 12.4 Å². The van der Waals surface area contributed by atoms with Crippen LogP contribution in [-0.4, -0.2) is 39.5 Å². The van der Waals surface area contributed by atoms with Crippen molar-refractivity contribution < 1.29 is 0 Å². The highest BCUT2D eigenvalue weighted by molar-refractivity contribution is 5.85. The topological polar surface area (TPSA) is 60.0 Å². The van der Waals surface area contributed by atoms with Gasteiger partial charge >= 0.3 is 0 Å².